The van der Waals surface area contributed by atoms with Gasteiger partial charge in [0, 0.05) is 22.8 Å². The topological polar surface area (TPSA) is 58.2 Å². The van der Waals surface area contributed by atoms with Crippen LogP contribution in [0.25, 0.3) is 6.08 Å². The number of hydrogen-bond donors (Lipinski definition) is 2. The summed E-state index contributed by atoms with van der Waals surface area (Å²) < 4.78 is 37.4. The summed E-state index contributed by atoms with van der Waals surface area (Å²) >= 11 is 3.33. The minimum absolute atomic E-state index is 0.296. The smallest absolute Gasteiger partial charge is 0.344 e. The molecular formula is C18H14BrF3N2O2. The summed E-state index contributed by atoms with van der Waals surface area (Å²) in [4.78, 5) is 22.8. The second kappa shape index (κ2) is 8.66. The summed E-state index contributed by atoms with van der Waals surface area (Å²) in [5, 5.41) is 4.39. The number of benzene rings is 2. The highest BCUT2D eigenvalue weighted by molar-refractivity contribution is 9.10. The van der Waals surface area contributed by atoms with Crippen LogP contribution in [0.3, 0.4) is 0 Å². The van der Waals surface area contributed by atoms with Gasteiger partial charge in [0.25, 0.3) is 0 Å². The number of nitrogens with one attached hydrogen (secondary N) is 2. The largest absolute Gasteiger partial charge is 0.471 e. The number of amides is 2. The van der Waals surface area contributed by atoms with Crippen LogP contribution in [-0.2, 0) is 16.1 Å². The molecule has 2 N–H and O–H groups in total. The molecule has 2 amide bonds. The molecule has 2 aromatic carbocycles. The van der Waals surface area contributed by atoms with Crippen LogP contribution >= 0.6 is 15.9 Å². The van der Waals surface area contributed by atoms with Gasteiger partial charge in [0.05, 0.1) is 0 Å². The van der Waals surface area contributed by atoms with Crippen LogP contribution in [-0.4, -0.2) is 18.0 Å². The summed E-state index contributed by atoms with van der Waals surface area (Å²) in [6.45, 7) is -0.296. The number of alkyl halides is 3. The average molecular weight is 427 g/mol. The van der Waals surface area contributed by atoms with E-state index in [1.54, 1.807) is 29.6 Å². The Bertz CT molecular complexity index is 835. The van der Waals surface area contributed by atoms with E-state index in [0.717, 1.165) is 10.0 Å². The zero-order chi connectivity index (χ0) is 19.2. The van der Waals surface area contributed by atoms with Gasteiger partial charge in [-0.3, -0.25) is 9.59 Å². The van der Waals surface area contributed by atoms with Gasteiger partial charge in [0.1, 0.15) is 0 Å². The highest BCUT2D eigenvalue weighted by Crippen LogP contribution is 2.16. The molecule has 0 heterocycles. The van der Waals surface area contributed by atoms with Crippen molar-refractivity contribution in [2.24, 2.45) is 0 Å². The zero-order valence-electron chi connectivity index (χ0n) is 13.3. The van der Waals surface area contributed by atoms with Crippen molar-refractivity contribution >= 4 is 39.5 Å². The molecule has 0 radical (unpaired) electrons. The predicted octanol–water partition coefficient (Wildman–Crippen LogP) is 4.28. The Morgan fingerprint density at radius 1 is 1.08 bits per heavy atom. The molecule has 0 bridgehead atoms. The first-order valence-corrected chi connectivity index (χ1v) is 8.22. The van der Waals surface area contributed by atoms with Gasteiger partial charge in [-0.05, 0) is 41.5 Å². The molecule has 2 aromatic rings. The first-order chi connectivity index (χ1) is 12.2. The van der Waals surface area contributed by atoms with E-state index in [1.165, 1.54) is 12.1 Å². The Balaban J connectivity index is 1.95. The van der Waals surface area contributed by atoms with Gasteiger partial charge in [-0.25, -0.2) is 0 Å². The molecule has 0 spiro atoms. The third-order valence-electron chi connectivity index (χ3n) is 3.18. The Morgan fingerprint density at radius 3 is 2.50 bits per heavy atom. The van der Waals surface area contributed by atoms with Crippen molar-refractivity contribution in [3.05, 3.63) is 70.2 Å². The fourth-order valence-corrected chi connectivity index (χ4v) is 2.42. The van der Waals surface area contributed by atoms with E-state index in [-0.39, 0.29) is 12.5 Å². The highest BCUT2D eigenvalue weighted by Gasteiger charge is 2.38. The summed E-state index contributed by atoms with van der Waals surface area (Å²) in [6.07, 6.45) is -1.95. The van der Waals surface area contributed by atoms with Crippen molar-refractivity contribution < 1.29 is 22.8 Å². The zero-order valence-corrected chi connectivity index (χ0v) is 14.9. The van der Waals surface area contributed by atoms with E-state index in [9.17, 15) is 22.8 Å². The van der Waals surface area contributed by atoms with E-state index in [2.05, 4.69) is 21.2 Å². The minimum atomic E-state index is -4.93. The second-order valence-electron chi connectivity index (χ2n) is 5.26. The van der Waals surface area contributed by atoms with Crippen molar-refractivity contribution in [3.63, 3.8) is 0 Å². The number of rotatable bonds is 5. The maximum Gasteiger partial charge on any atom is 0.471 e. The van der Waals surface area contributed by atoms with Crippen molar-refractivity contribution in [2.75, 3.05) is 5.32 Å². The quantitative estimate of drug-likeness (QED) is 0.701. The number of hydrogen-bond acceptors (Lipinski definition) is 2. The molecule has 0 unspecified atom stereocenters. The number of carbonyl (C=O) groups is 2. The molecule has 0 aliphatic carbocycles. The maximum atomic E-state index is 12.2. The molecular weight excluding hydrogens is 413 g/mol. The molecule has 26 heavy (non-hydrogen) atoms. The first kappa shape index (κ1) is 19.7. The van der Waals surface area contributed by atoms with Crippen LogP contribution in [0.5, 0.6) is 0 Å². The Morgan fingerprint density at radius 2 is 1.81 bits per heavy atom. The fraction of sp³-hybridized carbons (Fsp3) is 0.111. The first-order valence-electron chi connectivity index (χ1n) is 7.42. The van der Waals surface area contributed by atoms with Crippen LogP contribution < -0.4 is 10.6 Å². The minimum Gasteiger partial charge on any atom is -0.344 e. The standard InChI is InChI=1S/C18H14BrF3N2O2/c19-14-5-1-3-12(9-14)7-8-16(25)24-15-6-2-4-13(10-15)11-23-17(26)18(20,21)22/h1-10H,11H2,(H,23,26)(H,24,25)/b8-7+. The average Bonchev–Trinajstić information content (AvgIpc) is 2.57. The van der Waals surface area contributed by atoms with Crippen molar-refractivity contribution in [2.45, 2.75) is 12.7 Å². The monoisotopic (exact) mass is 426 g/mol. The van der Waals surface area contributed by atoms with Gasteiger partial charge >= 0.3 is 12.1 Å². The lowest BCUT2D eigenvalue weighted by molar-refractivity contribution is -0.173. The van der Waals surface area contributed by atoms with Crippen LogP contribution in [0.2, 0.25) is 0 Å². The molecule has 0 fully saturated rings. The van der Waals surface area contributed by atoms with Gasteiger partial charge < -0.3 is 10.6 Å². The molecule has 0 atom stereocenters. The van der Waals surface area contributed by atoms with Gasteiger partial charge in [0.15, 0.2) is 0 Å². The van der Waals surface area contributed by atoms with Gasteiger partial charge in [-0.15, -0.1) is 0 Å². The van der Waals surface area contributed by atoms with Crippen LogP contribution in [0, 0.1) is 0 Å². The summed E-state index contributed by atoms with van der Waals surface area (Å²) in [5.41, 5.74) is 1.67. The Labute approximate surface area is 156 Å². The maximum absolute atomic E-state index is 12.2. The summed E-state index contributed by atoms with van der Waals surface area (Å²) in [5.74, 6) is -2.40. The lowest BCUT2D eigenvalue weighted by atomic mass is 10.2. The molecule has 4 nitrogen and oxygen atoms in total. The molecule has 0 saturated carbocycles. The second-order valence-corrected chi connectivity index (χ2v) is 6.17. The van der Waals surface area contributed by atoms with Gasteiger partial charge in [-0.1, -0.05) is 40.2 Å². The van der Waals surface area contributed by atoms with E-state index >= 15 is 0 Å². The lowest BCUT2D eigenvalue weighted by Gasteiger charge is -2.09. The predicted molar refractivity (Wildman–Crippen MR) is 96.1 cm³/mol. The number of anilines is 1. The molecule has 0 aliphatic rings. The Hall–Kier alpha value is -2.61. The third kappa shape index (κ3) is 6.36. The highest BCUT2D eigenvalue weighted by atomic mass is 79.9. The normalized spacial score (nSPS) is 11.4. The summed E-state index contributed by atoms with van der Waals surface area (Å²) in [6, 6.07) is 13.6. The van der Waals surface area contributed by atoms with Crippen molar-refractivity contribution in [1.29, 1.82) is 0 Å². The summed E-state index contributed by atoms with van der Waals surface area (Å²) in [7, 11) is 0. The van der Waals surface area contributed by atoms with Gasteiger partial charge in [0.2, 0.25) is 5.91 Å². The van der Waals surface area contributed by atoms with E-state index in [4.69, 9.17) is 0 Å². The fourth-order valence-electron chi connectivity index (χ4n) is 2.01. The van der Waals surface area contributed by atoms with Crippen molar-refractivity contribution in [3.8, 4) is 0 Å². The number of halogens is 4. The molecule has 0 aromatic heterocycles. The van der Waals surface area contributed by atoms with E-state index < -0.39 is 12.1 Å². The Kier molecular flexibility index (Phi) is 6.57. The van der Waals surface area contributed by atoms with Crippen LogP contribution in [0.4, 0.5) is 18.9 Å². The molecule has 0 saturated heterocycles. The van der Waals surface area contributed by atoms with E-state index in [1.807, 2.05) is 24.3 Å². The number of carbonyl (C=O) groups excluding carboxylic acids is 2. The third-order valence-corrected chi connectivity index (χ3v) is 3.67. The lowest BCUT2D eigenvalue weighted by Crippen LogP contribution is -2.36. The van der Waals surface area contributed by atoms with Gasteiger partial charge in [-0.2, -0.15) is 13.2 Å². The molecule has 136 valence electrons. The molecule has 2 rings (SSSR count). The van der Waals surface area contributed by atoms with Crippen LogP contribution in [0.15, 0.2) is 59.1 Å². The SMILES string of the molecule is O=C(/C=C/c1cccc(Br)c1)Nc1cccc(CNC(=O)C(F)(F)F)c1. The van der Waals surface area contributed by atoms with E-state index in [0.29, 0.717) is 11.3 Å². The molecule has 8 heteroatoms. The molecule has 0 aliphatic heterocycles. The van der Waals surface area contributed by atoms with Crippen LogP contribution in [0.1, 0.15) is 11.1 Å². The van der Waals surface area contributed by atoms with Crippen molar-refractivity contribution in [1.82, 2.24) is 5.32 Å².